The maximum absolute atomic E-state index is 12.6. The molecule has 0 heterocycles. The molecule has 146 valence electrons. The molecule has 0 aromatic heterocycles. The average molecular weight is 369 g/mol. The Hall–Kier alpha value is -2.49. The number of benzene rings is 2. The van der Waals surface area contributed by atoms with Gasteiger partial charge in [-0.25, -0.2) is 0 Å². The summed E-state index contributed by atoms with van der Waals surface area (Å²) in [5.74, 6) is 0.701. The fraction of sp³-hybridized carbons (Fsp3) is 0.435. The first-order valence-corrected chi connectivity index (χ1v) is 9.83. The molecule has 0 saturated carbocycles. The Morgan fingerprint density at radius 3 is 2.30 bits per heavy atom. The van der Waals surface area contributed by atoms with Gasteiger partial charge in [0.25, 0.3) is 5.91 Å². The molecule has 0 aliphatic heterocycles. The zero-order chi connectivity index (χ0) is 19.8. The first-order valence-electron chi connectivity index (χ1n) is 9.83. The molecule has 0 spiro atoms. The molecule has 0 radical (unpaired) electrons. The van der Waals surface area contributed by atoms with E-state index in [0.717, 1.165) is 35.5 Å². The summed E-state index contributed by atoms with van der Waals surface area (Å²) < 4.78 is 5.99. The number of ether oxygens (including phenoxy) is 1. The normalized spacial score (nSPS) is 11.7. The van der Waals surface area contributed by atoms with Crippen LogP contribution in [0.5, 0.6) is 5.75 Å². The highest BCUT2D eigenvalue weighted by Gasteiger charge is 2.19. The van der Waals surface area contributed by atoms with Gasteiger partial charge in [0, 0.05) is 25.3 Å². The molecule has 2 rings (SSSR count). The third-order valence-corrected chi connectivity index (χ3v) is 4.81. The lowest BCUT2D eigenvalue weighted by molar-refractivity contribution is -0.128. The number of hydrogen-bond acceptors (Lipinski definition) is 3. The van der Waals surface area contributed by atoms with E-state index in [2.05, 4.69) is 48.3 Å². The van der Waals surface area contributed by atoms with E-state index >= 15 is 0 Å². The third kappa shape index (κ3) is 5.75. The molecular formula is C23H32N2O2. The Bertz CT molecular complexity index is 737. The van der Waals surface area contributed by atoms with Crippen LogP contribution in [0.3, 0.4) is 0 Å². The maximum Gasteiger partial charge on any atom is 0.261 e. The Kier molecular flexibility index (Phi) is 7.71. The van der Waals surface area contributed by atoms with Crippen molar-refractivity contribution < 1.29 is 9.53 Å². The van der Waals surface area contributed by atoms with Crippen LogP contribution in [0.1, 0.15) is 43.9 Å². The van der Waals surface area contributed by atoms with Crippen molar-refractivity contribution in [1.82, 2.24) is 5.32 Å². The van der Waals surface area contributed by atoms with Crippen molar-refractivity contribution in [3.05, 3.63) is 59.2 Å². The van der Waals surface area contributed by atoms with Crippen LogP contribution >= 0.6 is 0 Å². The van der Waals surface area contributed by atoms with Gasteiger partial charge >= 0.3 is 0 Å². The Labute approximate surface area is 163 Å². The van der Waals surface area contributed by atoms with Crippen molar-refractivity contribution in [3.8, 4) is 5.75 Å². The lowest BCUT2D eigenvalue weighted by Crippen LogP contribution is -2.37. The second kappa shape index (κ2) is 10.0. The summed E-state index contributed by atoms with van der Waals surface area (Å²) in [6.07, 6.45) is 0.139. The van der Waals surface area contributed by atoms with Crippen LogP contribution in [0.4, 0.5) is 5.69 Å². The number of amides is 1. The Morgan fingerprint density at radius 1 is 1.04 bits per heavy atom. The van der Waals surface area contributed by atoms with Crippen LogP contribution in [0.2, 0.25) is 0 Å². The number of hydrogen-bond donors (Lipinski definition) is 1. The van der Waals surface area contributed by atoms with Gasteiger partial charge < -0.3 is 15.0 Å². The van der Waals surface area contributed by atoms with Crippen LogP contribution in [-0.4, -0.2) is 25.1 Å². The predicted molar refractivity (Wildman–Crippen MR) is 112 cm³/mol. The number of aryl methyl sites for hydroxylation is 2. The van der Waals surface area contributed by atoms with Gasteiger partial charge in [0.2, 0.25) is 0 Å². The number of anilines is 1. The number of carbonyl (C=O) groups excluding carboxylic acids is 1. The van der Waals surface area contributed by atoms with Gasteiger partial charge in [0.15, 0.2) is 6.10 Å². The van der Waals surface area contributed by atoms with Gasteiger partial charge in [-0.1, -0.05) is 31.2 Å². The number of rotatable bonds is 9. The van der Waals surface area contributed by atoms with Crippen LogP contribution in [0.15, 0.2) is 42.5 Å². The Morgan fingerprint density at radius 2 is 1.70 bits per heavy atom. The highest BCUT2D eigenvalue weighted by molar-refractivity contribution is 5.81. The first-order chi connectivity index (χ1) is 13.0. The van der Waals surface area contributed by atoms with E-state index in [4.69, 9.17) is 4.74 Å². The maximum atomic E-state index is 12.6. The molecule has 4 nitrogen and oxygen atoms in total. The smallest absolute Gasteiger partial charge is 0.261 e. The van der Waals surface area contributed by atoms with E-state index in [1.54, 1.807) is 0 Å². The van der Waals surface area contributed by atoms with Crippen LogP contribution < -0.4 is 15.0 Å². The second-order valence-electron chi connectivity index (χ2n) is 6.84. The van der Waals surface area contributed by atoms with Gasteiger partial charge in [0.05, 0.1) is 0 Å². The van der Waals surface area contributed by atoms with Crippen molar-refractivity contribution in [2.75, 3.05) is 18.0 Å². The average Bonchev–Trinajstić information content (AvgIpc) is 2.68. The molecule has 2 aromatic carbocycles. The first kappa shape index (κ1) is 20.8. The van der Waals surface area contributed by atoms with Crippen molar-refractivity contribution in [1.29, 1.82) is 0 Å². The lowest BCUT2D eigenvalue weighted by atomic mass is 10.1. The molecule has 1 amide bonds. The zero-order valence-electron chi connectivity index (χ0n) is 17.2. The van der Waals surface area contributed by atoms with Crippen LogP contribution in [-0.2, 0) is 11.3 Å². The van der Waals surface area contributed by atoms with Gasteiger partial charge in [-0.05, 0) is 69.0 Å². The summed E-state index contributed by atoms with van der Waals surface area (Å²) in [6, 6.07) is 14.4. The predicted octanol–water partition coefficient (Wildman–Crippen LogP) is 4.62. The number of carbonyl (C=O) groups is 1. The Balaban J connectivity index is 1.95. The molecule has 0 unspecified atom stereocenters. The zero-order valence-corrected chi connectivity index (χ0v) is 17.2. The summed E-state index contributed by atoms with van der Waals surface area (Å²) in [5, 5.41) is 3.00. The van der Waals surface area contributed by atoms with Crippen LogP contribution in [0.25, 0.3) is 0 Å². The van der Waals surface area contributed by atoms with E-state index in [0.29, 0.717) is 13.0 Å². The molecule has 0 aliphatic carbocycles. The highest BCUT2D eigenvalue weighted by atomic mass is 16.5. The fourth-order valence-electron chi connectivity index (χ4n) is 3.03. The fourth-order valence-corrected chi connectivity index (χ4v) is 3.03. The minimum Gasteiger partial charge on any atom is -0.480 e. The van der Waals surface area contributed by atoms with Crippen molar-refractivity contribution >= 4 is 11.6 Å². The minimum atomic E-state index is -0.486. The second-order valence-corrected chi connectivity index (χ2v) is 6.84. The van der Waals surface area contributed by atoms with Gasteiger partial charge in [0.1, 0.15) is 5.75 Å². The summed E-state index contributed by atoms with van der Waals surface area (Å²) in [7, 11) is 0. The molecule has 0 fully saturated rings. The summed E-state index contributed by atoms with van der Waals surface area (Å²) in [6.45, 7) is 12.8. The lowest BCUT2D eigenvalue weighted by Gasteiger charge is -2.21. The molecule has 1 atom stereocenters. The minimum absolute atomic E-state index is 0.0776. The van der Waals surface area contributed by atoms with E-state index in [-0.39, 0.29) is 5.91 Å². The van der Waals surface area contributed by atoms with E-state index in [9.17, 15) is 4.79 Å². The topological polar surface area (TPSA) is 41.6 Å². The molecule has 1 N–H and O–H groups in total. The summed E-state index contributed by atoms with van der Waals surface area (Å²) in [4.78, 5) is 14.9. The number of nitrogens with zero attached hydrogens (tertiary/aromatic N) is 1. The molecule has 0 bridgehead atoms. The highest BCUT2D eigenvalue weighted by Crippen LogP contribution is 2.21. The molecule has 27 heavy (non-hydrogen) atoms. The quantitative estimate of drug-likeness (QED) is 0.702. The SMILES string of the molecule is CC[C@@H](Oc1cc(C)ccc1C)C(=O)NCc1ccc(N(CC)CC)cc1. The van der Waals surface area contributed by atoms with E-state index < -0.39 is 6.10 Å². The van der Waals surface area contributed by atoms with Gasteiger partial charge in [-0.2, -0.15) is 0 Å². The molecule has 2 aromatic rings. The molecule has 4 heteroatoms. The van der Waals surface area contributed by atoms with E-state index in [1.807, 2.05) is 39.0 Å². The standard InChI is InChI=1S/C23H32N2O2/c1-6-21(27-22-15-17(4)9-10-18(22)5)23(26)24-16-19-11-13-20(14-12-19)25(7-2)8-3/h9-15,21H,6-8,16H2,1-5H3,(H,24,26)/t21-/m1/s1. The molecule has 0 saturated heterocycles. The van der Waals surface area contributed by atoms with Crippen LogP contribution in [0, 0.1) is 13.8 Å². The van der Waals surface area contributed by atoms with Crippen molar-refractivity contribution in [2.24, 2.45) is 0 Å². The largest absolute Gasteiger partial charge is 0.480 e. The van der Waals surface area contributed by atoms with Crippen molar-refractivity contribution in [2.45, 2.75) is 53.7 Å². The van der Waals surface area contributed by atoms with Gasteiger partial charge in [-0.3, -0.25) is 4.79 Å². The van der Waals surface area contributed by atoms with Gasteiger partial charge in [-0.15, -0.1) is 0 Å². The third-order valence-electron chi connectivity index (χ3n) is 4.81. The van der Waals surface area contributed by atoms with Crippen molar-refractivity contribution in [3.63, 3.8) is 0 Å². The summed E-state index contributed by atoms with van der Waals surface area (Å²) in [5.41, 5.74) is 4.46. The van der Waals surface area contributed by atoms with E-state index in [1.165, 1.54) is 5.69 Å². The molecular weight excluding hydrogens is 336 g/mol. The molecule has 0 aliphatic rings. The summed E-state index contributed by atoms with van der Waals surface area (Å²) >= 11 is 0. The monoisotopic (exact) mass is 368 g/mol. The number of nitrogens with one attached hydrogen (secondary N) is 1.